The quantitative estimate of drug-likeness (QED) is 0.532. The van der Waals surface area contributed by atoms with Gasteiger partial charge in [-0.1, -0.05) is 0 Å². The van der Waals surface area contributed by atoms with Gasteiger partial charge in [-0.2, -0.15) is 0 Å². The summed E-state index contributed by atoms with van der Waals surface area (Å²) in [7, 11) is 2.64. The Labute approximate surface area is 140 Å². The van der Waals surface area contributed by atoms with Gasteiger partial charge in [0.1, 0.15) is 11.0 Å². The fourth-order valence-corrected chi connectivity index (χ4v) is 2.47. The number of methoxy groups -OCH3 is 2. The van der Waals surface area contributed by atoms with Crippen LogP contribution in [-0.4, -0.2) is 34.6 Å². The SMILES string of the molecule is COc1ccc(-c2oc3cc(OC)c(O)c(O)c3c(=O)c2O)cc1O. The molecule has 0 amide bonds. The summed E-state index contributed by atoms with van der Waals surface area (Å²) >= 11 is 0. The molecule has 0 bridgehead atoms. The van der Waals surface area contributed by atoms with Gasteiger partial charge in [0.25, 0.3) is 0 Å². The maximum Gasteiger partial charge on any atom is 0.238 e. The van der Waals surface area contributed by atoms with Crippen molar-refractivity contribution in [2.75, 3.05) is 14.2 Å². The number of phenolic OH excluding ortho intramolecular Hbond substituents is 3. The Morgan fingerprint density at radius 2 is 1.56 bits per heavy atom. The fourth-order valence-electron chi connectivity index (χ4n) is 2.47. The summed E-state index contributed by atoms with van der Waals surface area (Å²) in [5.41, 5.74) is -0.844. The summed E-state index contributed by atoms with van der Waals surface area (Å²) in [6, 6.07) is 5.36. The molecular formula is C17H14O8. The minimum Gasteiger partial charge on any atom is -0.504 e. The van der Waals surface area contributed by atoms with Crippen molar-refractivity contribution in [1.82, 2.24) is 0 Å². The van der Waals surface area contributed by atoms with Crippen LogP contribution in [0.3, 0.4) is 0 Å². The molecule has 0 saturated heterocycles. The summed E-state index contributed by atoms with van der Waals surface area (Å²) in [6.45, 7) is 0. The molecule has 0 unspecified atom stereocenters. The average Bonchev–Trinajstić information content (AvgIpc) is 2.60. The first-order chi connectivity index (χ1) is 11.9. The van der Waals surface area contributed by atoms with Crippen LogP contribution < -0.4 is 14.9 Å². The van der Waals surface area contributed by atoms with E-state index in [0.717, 1.165) is 0 Å². The third kappa shape index (κ3) is 2.44. The lowest BCUT2D eigenvalue weighted by Gasteiger charge is -2.11. The minimum atomic E-state index is -0.943. The van der Waals surface area contributed by atoms with E-state index in [4.69, 9.17) is 13.9 Å². The summed E-state index contributed by atoms with van der Waals surface area (Å²) in [5.74, 6) is -2.52. The Balaban J connectivity index is 2.34. The average molecular weight is 346 g/mol. The van der Waals surface area contributed by atoms with E-state index >= 15 is 0 Å². The Kier molecular flexibility index (Phi) is 3.80. The lowest BCUT2D eigenvalue weighted by molar-refractivity contribution is 0.352. The largest absolute Gasteiger partial charge is 0.504 e. The highest BCUT2D eigenvalue weighted by atomic mass is 16.5. The zero-order chi connectivity index (χ0) is 18.3. The second kappa shape index (κ2) is 5.82. The lowest BCUT2D eigenvalue weighted by Crippen LogP contribution is -2.03. The Morgan fingerprint density at radius 3 is 2.16 bits per heavy atom. The molecule has 3 aromatic rings. The van der Waals surface area contributed by atoms with Crippen molar-refractivity contribution in [2.24, 2.45) is 0 Å². The second-order valence-corrected chi connectivity index (χ2v) is 5.14. The minimum absolute atomic E-state index is 0.109. The van der Waals surface area contributed by atoms with Crippen molar-refractivity contribution in [2.45, 2.75) is 0 Å². The molecule has 4 N–H and O–H groups in total. The van der Waals surface area contributed by atoms with Crippen molar-refractivity contribution in [3.8, 4) is 45.8 Å². The lowest BCUT2D eigenvalue weighted by atomic mass is 10.1. The van der Waals surface area contributed by atoms with Crippen molar-refractivity contribution in [3.63, 3.8) is 0 Å². The van der Waals surface area contributed by atoms with Crippen molar-refractivity contribution in [3.05, 3.63) is 34.5 Å². The normalized spacial score (nSPS) is 10.8. The van der Waals surface area contributed by atoms with E-state index in [1.165, 1.54) is 38.5 Å². The van der Waals surface area contributed by atoms with Crippen molar-refractivity contribution in [1.29, 1.82) is 0 Å². The molecule has 1 heterocycles. The highest BCUT2D eigenvalue weighted by molar-refractivity contribution is 5.91. The molecule has 0 aliphatic heterocycles. The molecule has 3 rings (SSSR count). The molecule has 1 aromatic heterocycles. The van der Waals surface area contributed by atoms with Crippen LogP contribution in [0.15, 0.2) is 33.5 Å². The Morgan fingerprint density at radius 1 is 0.880 bits per heavy atom. The van der Waals surface area contributed by atoms with Crippen LogP contribution in [-0.2, 0) is 0 Å². The van der Waals surface area contributed by atoms with Crippen LogP contribution >= 0.6 is 0 Å². The first-order valence-electron chi connectivity index (χ1n) is 7.05. The predicted octanol–water partition coefficient (Wildman–Crippen LogP) is 2.30. The number of rotatable bonds is 3. The highest BCUT2D eigenvalue weighted by Gasteiger charge is 2.22. The number of hydrogen-bond donors (Lipinski definition) is 4. The van der Waals surface area contributed by atoms with Gasteiger partial charge in [0, 0.05) is 11.6 Å². The van der Waals surface area contributed by atoms with E-state index in [0.29, 0.717) is 0 Å². The van der Waals surface area contributed by atoms with Crippen molar-refractivity contribution < 1.29 is 34.3 Å². The van der Waals surface area contributed by atoms with Crippen LogP contribution in [0.1, 0.15) is 0 Å². The van der Waals surface area contributed by atoms with Gasteiger partial charge in [-0.25, -0.2) is 0 Å². The maximum atomic E-state index is 12.4. The first-order valence-corrected chi connectivity index (χ1v) is 7.05. The van der Waals surface area contributed by atoms with Crippen LogP contribution in [0.25, 0.3) is 22.3 Å². The predicted molar refractivity (Wildman–Crippen MR) is 87.7 cm³/mol. The van der Waals surface area contributed by atoms with Gasteiger partial charge in [0.2, 0.25) is 16.9 Å². The van der Waals surface area contributed by atoms with Crippen LogP contribution in [0.5, 0.6) is 34.5 Å². The topological polar surface area (TPSA) is 130 Å². The molecule has 8 heteroatoms. The van der Waals surface area contributed by atoms with Gasteiger partial charge in [0.15, 0.2) is 28.8 Å². The number of benzene rings is 2. The molecule has 0 fully saturated rings. The molecule has 25 heavy (non-hydrogen) atoms. The zero-order valence-corrected chi connectivity index (χ0v) is 13.2. The van der Waals surface area contributed by atoms with E-state index in [9.17, 15) is 25.2 Å². The van der Waals surface area contributed by atoms with E-state index in [2.05, 4.69) is 0 Å². The van der Waals surface area contributed by atoms with Gasteiger partial charge in [0.05, 0.1) is 14.2 Å². The number of aromatic hydroxyl groups is 4. The summed E-state index contributed by atoms with van der Waals surface area (Å²) in [6.07, 6.45) is 0. The molecule has 2 aromatic carbocycles. The van der Waals surface area contributed by atoms with Gasteiger partial charge >= 0.3 is 0 Å². The smallest absolute Gasteiger partial charge is 0.238 e. The number of fused-ring (bicyclic) bond motifs is 1. The molecule has 0 saturated carbocycles. The summed E-state index contributed by atoms with van der Waals surface area (Å²) in [5, 5.41) is 39.4. The standard InChI is InChI=1S/C17H14O8/c1-23-9-4-3-7(5-8(9)18)17-16(22)15(21)12-10(25-17)6-11(24-2)13(19)14(12)20/h3-6,18-20,22H,1-2H3. The molecule has 0 aliphatic carbocycles. The summed E-state index contributed by atoms with van der Waals surface area (Å²) in [4.78, 5) is 12.4. The Bertz CT molecular complexity index is 1040. The number of hydrogen-bond acceptors (Lipinski definition) is 8. The van der Waals surface area contributed by atoms with E-state index in [-0.39, 0.29) is 34.2 Å². The monoisotopic (exact) mass is 346 g/mol. The van der Waals surface area contributed by atoms with Gasteiger partial charge in [-0.05, 0) is 18.2 Å². The van der Waals surface area contributed by atoms with Gasteiger partial charge in [-0.15, -0.1) is 0 Å². The maximum absolute atomic E-state index is 12.4. The van der Waals surface area contributed by atoms with Crippen molar-refractivity contribution >= 4 is 11.0 Å². The third-order valence-electron chi connectivity index (χ3n) is 3.73. The third-order valence-corrected chi connectivity index (χ3v) is 3.73. The molecule has 0 radical (unpaired) electrons. The Hall–Kier alpha value is -3.55. The number of ether oxygens (including phenoxy) is 2. The molecule has 0 atom stereocenters. The fraction of sp³-hybridized carbons (Fsp3) is 0.118. The molecule has 8 nitrogen and oxygen atoms in total. The van der Waals surface area contributed by atoms with Crippen LogP contribution in [0, 0.1) is 0 Å². The molecule has 0 spiro atoms. The molecule has 0 aliphatic rings. The molecule has 130 valence electrons. The van der Waals surface area contributed by atoms with Crippen LogP contribution in [0.2, 0.25) is 0 Å². The van der Waals surface area contributed by atoms with E-state index in [1.54, 1.807) is 0 Å². The molecular weight excluding hydrogens is 332 g/mol. The second-order valence-electron chi connectivity index (χ2n) is 5.14. The van der Waals surface area contributed by atoms with E-state index < -0.39 is 28.1 Å². The summed E-state index contributed by atoms with van der Waals surface area (Å²) < 4.78 is 15.4. The van der Waals surface area contributed by atoms with E-state index in [1.807, 2.05) is 0 Å². The van der Waals surface area contributed by atoms with Gasteiger partial charge < -0.3 is 34.3 Å². The van der Waals surface area contributed by atoms with Crippen LogP contribution in [0.4, 0.5) is 0 Å². The zero-order valence-electron chi connectivity index (χ0n) is 13.2. The number of phenols is 3. The highest BCUT2D eigenvalue weighted by Crippen LogP contribution is 2.43. The van der Waals surface area contributed by atoms with Gasteiger partial charge in [-0.3, -0.25) is 4.79 Å². The first kappa shape index (κ1) is 16.3.